The number of hydrogen-bond donors (Lipinski definition) is 0. The summed E-state index contributed by atoms with van der Waals surface area (Å²) < 4.78 is 0. The van der Waals surface area contributed by atoms with E-state index in [1.165, 1.54) is 38.3 Å². The van der Waals surface area contributed by atoms with Crippen LogP contribution in [0.15, 0.2) is 60.7 Å². The molecular formula is C30H36Si. The molecule has 0 bridgehead atoms. The van der Waals surface area contributed by atoms with Crippen molar-refractivity contribution in [3.05, 3.63) is 93.4 Å². The maximum atomic E-state index is 2.57. The molecule has 3 aromatic rings. The molecule has 0 fully saturated rings. The molecular weight excluding hydrogens is 388 g/mol. The number of hydrogen-bond acceptors (Lipinski definition) is 0. The molecule has 3 aromatic carbocycles. The summed E-state index contributed by atoms with van der Waals surface area (Å²) in [5, 5.41) is 6.09. The highest BCUT2D eigenvalue weighted by atomic mass is 28.3. The summed E-state index contributed by atoms with van der Waals surface area (Å²) in [5.41, 5.74) is 8.34. The van der Waals surface area contributed by atoms with E-state index in [9.17, 15) is 0 Å². The Kier molecular flexibility index (Phi) is 5.83. The van der Waals surface area contributed by atoms with E-state index in [1.54, 1.807) is 10.4 Å². The van der Waals surface area contributed by atoms with Crippen molar-refractivity contribution in [1.29, 1.82) is 0 Å². The van der Waals surface area contributed by atoms with Crippen LogP contribution in [0.5, 0.6) is 0 Å². The molecule has 1 aliphatic heterocycles. The van der Waals surface area contributed by atoms with Gasteiger partial charge in [0.05, 0.1) is 0 Å². The summed E-state index contributed by atoms with van der Waals surface area (Å²) in [7, 11) is -2.01. The molecule has 0 spiro atoms. The second-order valence-electron chi connectivity index (χ2n) is 9.70. The Bertz CT molecular complexity index is 1240. The van der Waals surface area contributed by atoms with Crippen LogP contribution in [0.2, 0.25) is 11.1 Å². The fraction of sp³-hybridized carbons (Fsp3) is 0.333. The van der Waals surface area contributed by atoms with Gasteiger partial charge >= 0.3 is 0 Å². The van der Waals surface area contributed by atoms with Crippen molar-refractivity contribution in [3.63, 3.8) is 0 Å². The summed E-state index contributed by atoms with van der Waals surface area (Å²) in [5.74, 6) is 0. The molecule has 0 nitrogen and oxygen atoms in total. The highest BCUT2D eigenvalue weighted by molar-refractivity contribution is 7.05. The van der Waals surface area contributed by atoms with Gasteiger partial charge in [-0.15, -0.1) is 0 Å². The first-order chi connectivity index (χ1) is 14.9. The van der Waals surface area contributed by atoms with E-state index in [0.29, 0.717) is 11.1 Å². The van der Waals surface area contributed by atoms with Crippen molar-refractivity contribution in [2.75, 3.05) is 0 Å². The minimum atomic E-state index is -2.01. The molecule has 0 N–H and O–H groups in total. The smallest absolute Gasteiger partial charge is 0.0804 e. The van der Waals surface area contributed by atoms with Crippen molar-refractivity contribution in [2.45, 2.75) is 66.0 Å². The first-order valence-electron chi connectivity index (χ1n) is 11.9. The molecule has 160 valence electrons. The van der Waals surface area contributed by atoms with Crippen LogP contribution in [0, 0.1) is 6.92 Å². The third-order valence-corrected chi connectivity index (χ3v) is 13.8. The normalized spacial score (nSPS) is 15.4. The van der Waals surface area contributed by atoms with Crippen LogP contribution in [-0.2, 0) is 6.42 Å². The van der Waals surface area contributed by atoms with Crippen molar-refractivity contribution < 1.29 is 0 Å². The van der Waals surface area contributed by atoms with Gasteiger partial charge in [-0.3, -0.25) is 0 Å². The van der Waals surface area contributed by atoms with Gasteiger partial charge in [-0.05, 0) is 80.0 Å². The van der Waals surface area contributed by atoms with E-state index < -0.39 is 8.07 Å². The average molecular weight is 425 g/mol. The summed E-state index contributed by atoms with van der Waals surface area (Å²) in [6, 6.07) is 23.5. The predicted molar refractivity (Wildman–Crippen MR) is 140 cm³/mol. The number of fused-ring (bicyclic) bond motifs is 2. The van der Waals surface area contributed by atoms with Crippen molar-refractivity contribution in [2.24, 2.45) is 0 Å². The van der Waals surface area contributed by atoms with Crippen LogP contribution in [0.25, 0.3) is 11.6 Å². The van der Waals surface area contributed by atoms with Gasteiger partial charge in [-0.1, -0.05) is 101 Å². The molecule has 1 heterocycles. The van der Waals surface area contributed by atoms with Gasteiger partial charge in [0.15, 0.2) is 0 Å². The molecule has 0 aromatic heterocycles. The Morgan fingerprint density at radius 2 is 1.52 bits per heavy atom. The Labute approximate surface area is 189 Å². The fourth-order valence-corrected chi connectivity index (χ4v) is 12.3. The second kappa shape index (κ2) is 8.28. The molecule has 1 aliphatic rings. The number of rotatable bonds is 4. The standard InChI is InChI=1S/C30H36Si/c1-8-23-14-16-26-28(18-23)31(20(3)4,21(5)6)29-19-24(9-2)15-17-27(29)30(26)25-13-11-10-12-22(25)7/h8,10-21H,9H2,1-7H3/b23-8+. The van der Waals surface area contributed by atoms with Gasteiger partial charge < -0.3 is 0 Å². The quantitative estimate of drug-likeness (QED) is 0.499. The van der Waals surface area contributed by atoms with E-state index in [4.69, 9.17) is 0 Å². The maximum Gasteiger partial charge on any atom is 0.124 e. The van der Waals surface area contributed by atoms with Crippen molar-refractivity contribution >= 4 is 30.1 Å². The highest BCUT2D eigenvalue weighted by Gasteiger charge is 2.48. The molecule has 0 saturated heterocycles. The highest BCUT2D eigenvalue weighted by Crippen LogP contribution is 2.37. The van der Waals surface area contributed by atoms with Crippen LogP contribution in [0.4, 0.5) is 0 Å². The topological polar surface area (TPSA) is 0 Å². The van der Waals surface area contributed by atoms with E-state index in [1.807, 2.05) is 0 Å². The molecule has 0 aliphatic carbocycles. The van der Waals surface area contributed by atoms with Crippen LogP contribution in [-0.4, -0.2) is 8.07 Å². The Morgan fingerprint density at radius 3 is 2.13 bits per heavy atom. The lowest BCUT2D eigenvalue weighted by atomic mass is 9.91. The third kappa shape index (κ3) is 3.26. The average Bonchev–Trinajstić information content (AvgIpc) is 2.76. The summed E-state index contributed by atoms with van der Waals surface area (Å²) in [6.07, 6.45) is 3.34. The molecule has 4 rings (SSSR count). The lowest BCUT2D eigenvalue weighted by molar-refractivity contribution is 0.924. The largest absolute Gasteiger partial charge is 0.124 e. The van der Waals surface area contributed by atoms with Crippen LogP contribution in [0.1, 0.15) is 63.8 Å². The first kappa shape index (κ1) is 21.8. The van der Waals surface area contributed by atoms with Gasteiger partial charge in [-0.25, -0.2) is 0 Å². The van der Waals surface area contributed by atoms with E-state index in [0.717, 1.165) is 6.42 Å². The van der Waals surface area contributed by atoms with Gasteiger partial charge in [0.1, 0.15) is 8.07 Å². The van der Waals surface area contributed by atoms with Gasteiger partial charge in [0.25, 0.3) is 0 Å². The SMILES string of the molecule is C/C=c1\ccc2c(c1)[Si](C(C)C)(C(C)C)c1cc(CC)ccc1C=2c1ccccc1C. The van der Waals surface area contributed by atoms with E-state index in [-0.39, 0.29) is 0 Å². The molecule has 0 saturated carbocycles. The monoisotopic (exact) mass is 424 g/mol. The predicted octanol–water partition coefficient (Wildman–Crippen LogP) is 5.30. The van der Waals surface area contributed by atoms with Crippen LogP contribution in [0.3, 0.4) is 0 Å². The molecule has 0 atom stereocenters. The van der Waals surface area contributed by atoms with Crippen LogP contribution >= 0.6 is 0 Å². The fourth-order valence-electron chi connectivity index (χ4n) is 6.02. The van der Waals surface area contributed by atoms with Gasteiger partial charge in [0, 0.05) is 0 Å². The van der Waals surface area contributed by atoms with E-state index in [2.05, 4.69) is 115 Å². The minimum absolute atomic E-state index is 0.627. The second-order valence-corrected chi connectivity index (χ2v) is 14.8. The lowest BCUT2D eigenvalue weighted by Crippen LogP contribution is -2.70. The molecule has 0 radical (unpaired) electrons. The molecule has 0 amide bonds. The zero-order chi connectivity index (χ0) is 22.3. The molecule has 31 heavy (non-hydrogen) atoms. The Balaban J connectivity index is 2.30. The van der Waals surface area contributed by atoms with Gasteiger partial charge in [0.2, 0.25) is 0 Å². The minimum Gasteiger partial charge on any atom is -0.0804 e. The van der Waals surface area contributed by atoms with E-state index >= 15 is 0 Å². The summed E-state index contributed by atoms with van der Waals surface area (Å²) >= 11 is 0. The molecule has 0 unspecified atom stereocenters. The maximum absolute atomic E-state index is 2.57. The van der Waals surface area contributed by atoms with Crippen molar-refractivity contribution in [3.8, 4) is 0 Å². The van der Waals surface area contributed by atoms with Crippen molar-refractivity contribution in [1.82, 2.24) is 0 Å². The Morgan fingerprint density at radius 1 is 0.806 bits per heavy atom. The number of aryl methyl sites for hydroxylation is 2. The zero-order valence-corrected chi connectivity index (χ0v) is 21.2. The lowest BCUT2D eigenvalue weighted by Gasteiger charge is -2.45. The summed E-state index contributed by atoms with van der Waals surface area (Å²) in [6.45, 7) is 16.6. The Hall–Kier alpha value is -2.38. The van der Waals surface area contributed by atoms with Gasteiger partial charge in [-0.2, -0.15) is 0 Å². The number of benzene rings is 3. The zero-order valence-electron chi connectivity index (χ0n) is 20.2. The summed E-state index contributed by atoms with van der Waals surface area (Å²) in [4.78, 5) is 0. The third-order valence-electron chi connectivity index (χ3n) is 7.53. The first-order valence-corrected chi connectivity index (χ1v) is 14.0. The van der Waals surface area contributed by atoms with Crippen LogP contribution < -0.4 is 20.8 Å². The molecule has 1 heteroatoms.